The van der Waals surface area contributed by atoms with Crippen LogP contribution in [-0.4, -0.2) is 63.7 Å². The number of aliphatic hydroxyl groups excluding tert-OH is 1. The number of likely N-dealkylation sites (tertiary alicyclic amines) is 1. The molecule has 1 amide bonds. The maximum absolute atomic E-state index is 12.4. The van der Waals surface area contributed by atoms with Gasteiger partial charge in [-0.1, -0.05) is 6.42 Å². The molecule has 1 aromatic rings. The van der Waals surface area contributed by atoms with E-state index in [4.69, 9.17) is 11.5 Å². The lowest BCUT2D eigenvalue weighted by Gasteiger charge is -2.48. The molecule has 8 heteroatoms. The number of amides is 1. The Kier molecular flexibility index (Phi) is 4.94. The highest BCUT2D eigenvalue weighted by molar-refractivity contribution is 5.85. The first-order chi connectivity index (χ1) is 13.0. The van der Waals surface area contributed by atoms with E-state index in [0.717, 1.165) is 63.4 Å². The molecule has 2 aliphatic heterocycles. The second-order valence-corrected chi connectivity index (χ2v) is 8.26. The summed E-state index contributed by atoms with van der Waals surface area (Å²) in [7, 11) is 0. The molecule has 148 valence electrons. The van der Waals surface area contributed by atoms with Gasteiger partial charge in [0.2, 0.25) is 11.9 Å². The van der Waals surface area contributed by atoms with Crippen molar-refractivity contribution in [1.82, 2.24) is 14.9 Å². The van der Waals surface area contributed by atoms with E-state index in [-0.39, 0.29) is 23.9 Å². The van der Waals surface area contributed by atoms with Crippen LogP contribution >= 0.6 is 0 Å². The van der Waals surface area contributed by atoms with E-state index in [1.54, 1.807) is 0 Å². The molecular weight excluding hydrogens is 344 g/mol. The minimum atomic E-state index is -0.531. The van der Waals surface area contributed by atoms with Gasteiger partial charge in [-0.15, -0.1) is 0 Å². The van der Waals surface area contributed by atoms with Crippen molar-refractivity contribution >= 4 is 17.7 Å². The van der Waals surface area contributed by atoms with Crippen LogP contribution in [0.5, 0.6) is 0 Å². The van der Waals surface area contributed by atoms with Crippen molar-refractivity contribution in [2.75, 3.05) is 36.8 Å². The number of nitrogens with zero attached hydrogens (tertiary/aromatic N) is 4. The van der Waals surface area contributed by atoms with Gasteiger partial charge in [0.15, 0.2) is 0 Å². The fourth-order valence-corrected chi connectivity index (χ4v) is 4.82. The number of carbonyl (C=O) groups excluding carboxylic acids is 1. The lowest BCUT2D eigenvalue weighted by atomic mass is 9.80. The molecule has 2 saturated heterocycles. The van der Waals surface area contributed by atoms with Gasteiger partial charge < -0.3 is 21.5 Å². The van der Waals surface area contributed by atoms with Gasteiger partial charge in [-0.3, -0.25) is 9.69 Å². The Morgan fingerprint density at radius 2 is 1.78 bits per heavy atom. The largest absolute Gasteiger partial charge is 0.393 e. The van der Waals surface area contributed by atoms with Crippen molar-refractivity contribution in [3.8, 4) is 0 Å². The molecule has 8 nitrogen and oxygen atoms in total. The summed E-state index contributed by atoms with van der Waals surface area (Å²) in [6, 6.07) is 1.99. The lowest BCUT2D eigenvalue weighted by Crippen LogP contribution is -2.63. The maximum Gasteiger partial charge on any atom is 0.238 e. The molecule has 3 aliphatic rings. The summed E-state index contributed by atoms with van der Waals surface area (Å²) >= 11 is 0. The van der Waals surface area contributed by atoms with Gasteiger partial charge in [0.05, 0.1) is 11.8 Å². The van der Waals surface area contributed by atoms with Crippen LogP contribution < -0.4 is 16.4 Å². The molecule has 0 bridgehead atoms. The third kappa shape index (κ3) is 3.48. The second-order valence-electron chi connectivity index (χ2n) is 8.26. The molecule has 1 aromatic heterocycles. The van der Waals surface area contributed by atoms with Gasteiger partial charge >= 0.3 is 0 Å². The number of aliphatic hydroxyl groups is 1. The summed E-state index contributed by atoms with van der Waals surface area (Å²) in [6.07, 6.45) is 6.16. The third-order valence-electron chi connectivity index (χ3n) is 6.62. The highest BCUT2D eigenvalue weighted by Gasteiger charge is 2.45. The third-order valence-corrected chi connectivity index (χ3v) is 6.62. The number of aromatic nitrogens is 2. The molecular formula is C19H30N6O2. The molecule has 1 aliphatic carbocycles. The van der Waals surface area contributed by atoms with Gasteiger partial charge in [-0.25, -0.2) is 4.98 Å². The average Bonchev–Trinajstić information content (AvgIpc) is 2.65. The lowest BCUT2D eigenvalue weighted by molar-refractivity contribution is -0.132. The van der Waals surface area contributed by atoms with Crippen LogP contribution in [0.15, 0.2) is 6.07 Å². The van der Waals surface area contributed by atoms with E-state index in [0.29, 0.717) is 12.8 Å². The van der Waals surface area contributed by atoms with Crippen molar-refractivity contribution in [3.05, 3.63) is 11.8 Å². The molecule has 1 saturated carbocycles. The monoisotopic (exact) mass is 374 g/mol. The highest BCUT2D eigenvalue weighted by Crippen LogP contribution is 2.38. The van der Waals surface area contributed by atoms with E-state index < -0.39 is 5.54 Å². The molecule has 3 fully saturated rings. The Morgan fingerprint density at radius 3 is 2.37 bits per heavy atom. The Bertz CT molecular complexity index is 691. The van der Waals surface area contributed by atoms with Gasteiger partial charge in [-0.05, 0) is 51.6 Å². The number of anilines is 2. The maximum atomic E-state index is 12.4. The van der Waals surface area contributed by atoms with Gasteiger partial charge in [0, 0.05) is 25.1 Å². The smallest absolute Gasteiger partial charge is 0.238 e. The van der Waals surface area contributed by atoms with Crippen LogP contribution in [0.4, 0.5) is 11.8 Å². The summed E-state index contributed by atoms with van der Waals surface area (Å²) < 4.78 is 0. The van der Waals surface area contributed by atoms with E-state index >= 15 is 0 Å². The number of hydrogen-bond donors (Lipinski definition) is 3. The van der Waals surface area contributed by atoms with Crippen molar-refractivity contribution < 1.29 is 9.90 Å². The molecule has 4 rings (SSSR count). The Morgan fingerprint density at radius 1 is 1.11 bits per heavy atom. The summed E-state index contributed by atoms with van der Waals surface area (Å²) in [5.41, 5.74) is 12.2. The average molecular weight is 374 g/mol. The minimum absolute atomic E-state index is 0.199. The Hall–Kier alpha value is -1.93. The molecule has 0 aromatic carbocycles. The van der Waals surface area contributed by atoms with E-state index in [1.165, 1.54) is 6.42 Å². The van der Waals surface area contributed by atoms with Crippen LogP contribution in [-0.2, 0) is 4.79 Å². The van der Waals surface area contributed by atoms with Crippen LogP contribution in [0.25, 0.3) is 0 Å². The SMILES string of the molecule is NC(=O)C1(N2CCCCC2)CCN(c2cc(C3CC(O)C3)nc(N)n2)CC1. The first kappa shape index (κ1) is 18.4. The van der Waals surface area contributed by atoms with Crippen molar-refractivity contribution in [2.24, 2.45) is 5.73 Å². The Labute approximate surface area is 159 Å². The number of primary amides is 1. The molecule has 5 N–H and O–H groups in total. The zero-order valence-electron chi connectivity index (χ0n) is 15.8. The molecule has 3 heterocycles. The number of carbonyl (C=O) groups is 1. The van der Waals surface area contributed by atoms with E-state index in [9.17, 15) is 9.90 Å². The quantitative estimate of drug-likeness (QED) is 0.706. The molecule has 0 atom stereocenters. The predicted molar refractivity (Wildman–Crippen MR) is 103 cm³/mol. The summed E-state index contributed by atoms with van der Waals surface area (Å²) in [4.78, 5) is 25.7. The van der Waals surface area contributed by atoms with Crippen molar-refractivity contribution in [1.29, 1.82) is 0 Å². The number of rotatable bonds is 4. The molecule has 0 radical (unpaired) electrons. The normalized spacial score (nSPS) is 28.6. The number of nitrogen functional groups attached to an aromatic ring is 1. The fourth-order valence-electron chi connectivity index (χ4n) is 4.82. The number of nitrogens with two attached hydrogens (primary N) is 2. The standard InChI is InChI=1S/C19H30N6O2/c20-17(27)19(25-6-2-1-3-7-25)4-8-24(9-5-19)16-12-15(22-18(21)23-16)13-10-14(26)11-13/h12-14,26H,1-11H2,(H2,20,27)(H2,21,22,23). The number of hydrogen-bond acceptors (Lipinski definition) is 7. The van der Waals surface area contributed by atoms with Crippen LogP contribution in [0.1, 0.15) is 56.6 Å². The second kappa shape index (κ2) is 7.24. The summed E-state index contributed by atoms with van der Waals surface area (Å²) in [6.45, 7) is 3.36. The van der Waals surface area contributed by atoms with Crippen molar-refractivity contribution in [3.63, 3.8) is 0 Å². The van der Waals surface area contributed by atoms with Gasteiger partial charge in [0.25, 0.3) is 0 Å². The summed E-state index contributed by atoms with van der Waals surface area (Å²) in [5, 5.41) is 9.57. The van der Waals surface area contributed by atoms with Crippen molar-refractivity contribution in [2.45, 2.75) is 62.5 Å². The first-order valence-electron chi connectivity index (χ1n) is 10.1. The number of piperidine rings is 2. The van der Waals surface area contributed by atoms with E-state index in [1.807, 2.05) is 6.07 Å². The minimum Gasteiger partial charge on any atom is -0.393 e. The first-order valence-corrected chi connectivity index (χ1v) is 10.1. The molecule has 27 heavy (non-hydrogen) atoms. The predicted octanol–water partition coefficient (Wildman–Crippen LogP) is 0.607. The fraction of sp³-hybridized carbons (Fsp3) is 0.737. The molecule has 0 unspecified atom stereocenters. The summed E-state index contributed by atoms with van der Waals surface area (Å²) in [5.74, 6) is 1.14. The zero-order valence-corrected chi connectivity index (χ0v) is 15.8. The zero-order chi connectivity index (χ0) is 19.0. The highest BCUT2D eigenvalue weighted by atomic mass is 16.3. The van der Waals surface area contributed by atoms with Crippen LogP contribution in [0.2, 0.25) is 0 Å². The van der Waals surface area contributed by atoms with Crippen LogP contribution in [0, 0.1) is 0 Å². The molecule has 0 spiro atoms. The van der Waals surface area contributed by atoms with Gasteiger partial charge in [-0.2, -0.15) is 4.98 Å². The topological polar surface area (TPSA) is 122 Å². The Balaban J connectivity index is 1.49. The van der Waals surface area contributed by atoms with Crippen LogP contribution in [0.3, 0.4) is 0 Å². The van der Waals surface area contributed by atoms with E-state index in [2.05, 4.69) is 19.8 Å². The van der Waals surface area contributed by atoms with Gasteiger partial charge in [0.1, 0.15) is 11.4 Å².